The fourth-order valence-corrected chi connectivity index (χ4v) is 1.27. The summed E-state index contributed by atoms with van der Waals surface area (Å²) in [6.45, 7) is 3.26. The van der Waals surface area contributed by atoms with Crippen molar-refractivity contribution in [2.24, 2.45) is 5.41 Å². The first-order valence-electron chi connectivity index (χ1n) is 3.53. The Bertz CT molecular complexity index is 238. The highest BCUT2D eigenvalue weighted by Crippen LogP contribution is 2.27. The Kier molecular flexibility index (Phi) is 1.66. The Balaban J connectivity index is 2.92. The molecule has 1 fully saturated rings. The maximum absolute atomic E-state index is 11.1. The molecule has 0 bridgehead atoms. The third-order valence-electron chi connectivity index (χ3n) is 1.86. The number of carbonyl (C=O) groups excluding carboxylic acids is 3. The van der Waals surface area contributed by atoms with E-state index < -0.39 is 17.0 Å². The van der Waals surface area contributed by atoms with Crippen LogP contribution in [0.2, 0.25) is 0 Å². The van der Waals surface area contributed by atoms with Crippen LogP contribution in [0.5, 0.6) is 0 Å². The maximum Gasteiger partial charge on any atom is 0.206 e. The molecule has 0 amide bonds. The molecule has 0 radical (unpaired) electrons. The molecule has 0 N–H and O–H groups in total. The Hall–Kier alpha value is -0.990. The Morgan fingerprint density at radius 3 is 2.18 bits per heavy atom. The Morgan fingerprint density at radius 2 is 1.73 bits per heavy atom. The SMILES string of the molecule is CC1(C)CC(=O)CC(=O)C1=O. The molecule has 3 nitrogen and oxygen atoms in total. The van der Waals surface area contributed by atoms with E-state index in [2.05, 4.69) is 0 Å². The van der Waals surface area contributed by atoms with Gasteiger partial charge in [-0.25, -0.2) is 0 Å². The topological polar surface area (TPSA) is 51.2 Å². The first-order valence-corrected chi connectivity index (χ1v) is 3.53. The molecule has 60 valence electrons. The molecule has 1 aliphatic rings. The highest BCUT2D eigenvalue weighted by molar-refractivity contribution is 6.44. The van der Waals surface area contributed by atoms with Crippen LogP contribution < -0.4 is 0 Å². The summed E-state index contributed by atoms with van der Waals surface area (Å²) in [6.07, 6.45) is 0.0137. The van der Waals surface area contributed by atoms with Crippen molar-refractivity contribution in [1.82, 2.24) is 0 Å². The Morgan fingerprint density at radius 1 is 1.18 bits per heavy atom. The van der Waals surface area contributed by atoms with E-state index in [9.17, 15) is 14.4 Å². The van der Waals surface area contributed by atoms with E-state index in [4.69, 9.17) is 0 Å². The van der Waals surface area contributed by atoms with Crippen molar-refractivity contribution in [3.63, 3.8) is 0 Å². The lowest BCUT2D eigenvalue weighted by molar-refractivity contribution is -0.148. The summed E-state index contributed by atoms with van der Waals surface area (Å²) < 4.78 is 0. The molecule has 0 atom stereocenters. The van der Waals surface area contributed by atoms with Crippen LogP contribution in [0.3, 0.4) is 0 Å². The number of hydrogen-bond donors (Lipinski definition) is 0. The van der Waals surface area contributed by atoms with Gasteiger partial charge >= 0.3 is 0 Å². The van der Waals surface area contributed by atoms with E-state index in [-0.39, 0.29) is 18.6 Å². The molecule has 0 aliphatic heterocycles. The lowest BCUT2D eigenvalue weighted by Crippen LogP contribution is -2.39. The number of carbonyl (C=O) groups is 3. The second-order valence-corrected chi connectivity index (χ2v) is 3.53. The molecule has 1 aliphatic carbocycles. The fraction of sp³-hybridized carbons (Fsp3) is 0.625. The van der Waals surface area contributed by atoms with E-state index in [1.54, 1.807) is 13.8 Å². The molecule has 0 saturated heterocycles. The zero-order valence-electron chi connectivity index (χ0n) is 6.64. The highest BCUT2D eigenvalue weighted by atomic mass is 16.2. The molecular formula is C8H10O3. The summed E-state index contributed by atoms with van der Waals surface area (Å²) in [6, 6.07) is 0. The molecule has 0 aromatic heterocycles. The molecule has 0 spiro atoms. The zero-order valence-corrected chi connectivity index (χ0v) is 6.64. The van der Waals surface area contributed by atoms with Crippen LogP contribution >= 0.6 is 0 Å². The van der Waals surface area contributed by atoms with Gasteiger partial charge in [-0.15, -0.1) is 0 Å². The Labute approximate surface area is 64.8 Å². The van der Waals surface area contributed by atoms with Crippen LogP contribution in [0.25, 0.3) is 0 Å². The monoisotopic (exact) mass is 154 g/mol. The number of Topliss-reactive ketones (excluding diaryl/α,β-unsaturated/α-hetero) is 3. The summed E-state index contributed by atoms with van der Waals surface area (Å²) in [5, 5.41) is 0. The summed E-state index contributed by atoms with van der Waals surface area (Å²) >= 11 is 0. The van der Waals surface area contributed by atoms with Crippen molar-refractivity contribution < 1.29 is 14.4 Å². The highest BCUT2D eigenvalue weighted by Gasteiger charge is 2.40. The lowest BCUT2D eigenvalue weighted by atomic mass is 9.75. The first-order chi connectivity index (χ1) is 4.93. The van der Waals surface area contributed by atoms with E-state index in [1.807, 2.05) is 0 Å². The predicted molar refractivity (Wildman–Crippen MR) is 38.0 cm³/mol. The zero-order chi connectivity index (χ0) is 8.65. The summed E-state index contributed by atoms with van der Waals surface area (Å²) in [5.41, 5.74) is -0.758. The molecule has 0 aromatic carbocycles. The third kappa shape index (κ3) is 1.37. The van der Waals surface area contributed by atoms with E-state index >= 15 is 0 Å². The molecule has 11 heavy (non-hydrogen) atoms. The third-order valence-corrected chi connectivity index (χ3v) is 1.86. The average molecular weight is 154 g/mol. The molecule has 0 aromatic rings. The maximum atomic E-state index is 11.1. The summed E-state index contributed by atoms with van der Waals surface area (Å²) in [7, 11) is 0. The molecule has 1 saturated carbocycles. The largest absolute Gasteiger partial charge is 0.299 e. The van der Waals surface area contributed by atoms with E-state index in [1.165, 1.54) is 0 Å². The second-order valence-electron chi connectivity index (χ2n) is 3.53. The van der Waals surface area contributed by atoms with Crippen LogP contribution in [0, 0.1) is 5.41 Å². The van der Waals surface area contributed by atoms with Crippen molar-refractivity contribution in [3.8, 4) is 0 Å². The van der Waals surface area contributed by atoms with Gasteiger partial charge in [0.05, 0.1) is 6.42 Å². The second kappa shape index (κ2) is 2.26. The van der Waals surface area contributed by atoms with Gasteiger partial charge < -0.3 is 0 Å². The average Bonchev–Trinajstić information content (AvgIpc) is 1.81. The van der Waals surface area contributed by atoms with Gasteiger partial charge in [-0.3, -0.25) is 14.4 Å². The van der Waals surface area contributed by atoms with Crippen LogP contribution in [0.1, 0.15) is 26.7 Å². The summed E-state index contributed by atoms with van der Waals surface area (Å²) in [4.78, 5) is 32.8. The van der Waals surface area contributed by atoms with E-state index in [0.29, 0.717) is 0 Å². The van der Waals surface area contributed by atoms with Crippen LogP contribution in [-0.4, -0.2) is 17.3 Å². The molecular weight excluding hydrogens is 144 g/mol. The van der Waals surface area contributed by atoms with Crippen molar-refractivity contribution in [2.75, 3.05) is 0 Å². The van der Waals surface area contributed by atoms with Gasteiger partial charge in [0.15, 0.2) is 0 Å². The normalized spacial score (nSPS) is 24.0. The van der Waals surface area contributed by atoms with Gasteiger partial charge in [0, 0.05) is 11.8 Å². The van der Waals surface area contributed by atoms with Crippen LogP contribution in [0.15, 0.2) is 0 Å². The van der Waals surface area contributed by atoms with Crippen LogP contribution in [0.4, 0.5) is 0 Å². The van der Waals surface area contributed by atoms with Gasteiger partial charge in [-0.2, -0.15) is 0 Å². The quantitative estimate of drug-likeness (QED) is 0.377. The van der Waals surface area contributed by atoms with Gasteiger partial charge in [0.25, 0.3) is 0 Å². The van der Waals surface area contributed by atoms with Crippen molar-refractivity contribution >= 4 is 17.3 Å². The predicted octanol–water partition coefficient (Wildman–Crippen LogP) is 0.514. The van der Waals surface area contributed by atoms with Crippen molar-refractivity contribution in [1.29, 1.82) is 0 Å². The molecule has 0 unspecified atom stereocenters. The first kappa shape index (κ1) is 8.11. The van der Waals surface area contributed by atoms with Gasteiger partial charge in [0.2, 0.25) is 11.6 Å². The summed E-state index contributed by atoms with van der Waals surface area (Å²) in [5.74, 6) is -1.07. The van der Waals surface area contributed by atoms with Gasteiger partial charge in [-0.1, -0.05) is 13.8 Å². The number of rotatable bonds is 0. The van der Waals surface area contributed by atoms with E-state index in [0.717, 1.165) is 0 Å². The van der Waals surface area contributed by atoms with Gasteiger partial charge in [-0.05, 0) is 0 Å². The number of ketones is 3. The van der Waals surface area contributed by atoms with Crippen molar-refractivity contribution in [3.05, 3.63) is 0 Å². The minimum absolute atomic E-state index is 0.125. The standard InChI is InChI=1S/C8H10O3/c1-8(2)4-5(9)3-6(10)7(8)11/h3-4H2,1-2H3. The lowest BCUT2D eigenvalue weighted by Gasteiger charge is -2.24. The fourth-order valence-electron chi connectivity index (χ4n) is 1.27. The molecule has 3 heteroatoms. The van der Waals surface area contributed by atoms with Crippen molar-refractivity contribution in [2.45, 2.75) is 26.7 Å². The minimum atomic E-state index is -0.758. The minimum Gasteiger partial charge on any atom is -0.299 e. The molecule has 0 heterocycles. The van der Waals surface area contributed by atoms with Crippen LogP contribution in [-0.2, 0) is 14.4 Å². The smallest absolute Gasteiger partial charge is 0.206 e. The van der Waals surface area contributed by atoms with Gasteiger partial charge in [0.1, 0.15) is 5.78 Å². The molecule has 1 rings (SSSR count). The number of hydrogen-bond acceptors (Lipinski definition) is 3.